The van der Waals surface area contributed by atoms with Gasteiger partial charge in [0, 0.05) is 6.42 Å². The van der Waals surface area contributed by atoms with Gasteiger partial charge in [0.25, 0.3) is 0 Å². The lowest BCUT2D eigenvalue weighted by atomic mass is 9.94. The van der Waals surface area contributed by atoms with Crippen molar-refractivity contribution in [2.24, 2.45) is 5.92 Å². The van der Waals surface area contributed by atoms with E-state index in [1.807, 2.05) is 12.2 Å². The van der Waals surface area contributed by atoms with Crippen LogP contribution >= 0.6 is 0 Å². The van der Waals surface area contributed by atoms with Crippen molar-refractivity contribution in [3.63, 3.8) is 0 Å². The predicted molar refractivity (Wildman–Crippen MR) is 60.4 cm³/mol. The van der Waals surface area contributed by atoms with Crippen LogP contribution in [0.3, 0.4) is 0 Å². The Morgan fingerprint density at radius 2 is 1.85 bits per heavy atom. The van der Waals surface area contributed by atoms with Gasteiger partial charge in [-0.2, -0.15) is 0 Å². The molecule has 0 nitrogen and oxygen atoms in total. The number of allylic oxidation sites excluding steroid dienone is 2. The molecule has 0 spiro atoms. The lowest BCUT2D eigenvalue weighted by Crippen LogP contribution is -1.98. The minimum Gasteiger partial charge on any atom is -0.120 e. The minimum absolute atomic E-state index is 0.683. The van der Waals surface area contributed by atoms with E-state index in [0.29, 0.717) is 5.92 Å². The van der Waals surface area contributed by atoms with Crippen molar-refractivity contribution in [1.82, 2.24) is 0 Å². The Kier molecular flexibility index (Phi) is 8.46. The molecule has 0 fully saturated rings. The fourth-order valence-corrected chi connectivity index (χ4v) is 1.42. The minimum atomic E-state index is 0.683. The molecule has 0 aliphatic heterocycles. The molecule has 0 aromatic carbocycles. The Morgan fingerprint density at radius 1 is 1.15 bits per heavy atom. The average Bonchev–Trinajstić information content (AvgIpc) is 2.14. The van der Waals surface area contributed by atoms with Gasteiger partial charge < -0.3 is 0 Å². The van der Waals surface area contributed by atoms with Crippen molar-refractivity contribution < 1.29 is 0 Å². The molecular formula is C13H20. The molecule has 0 amide bonds. The van der Waals surface area contributed by atoms with Gasteiger partial charge in [-0.25, -0.2) is 0 Å². The summed E-state index contributed by atoms with van der Waals surface area (Å²) < 4.78 is 0. The fraction of sp³-hybridized carbons (Fsp3) is 0.538. The van der Waals surface area contributed by atoms with Gasteiger partial charge in [0.05, 0.1) is 0 Å². The second-order valence-electron chi connectivity index (χ2n) is 3.36. The Labute approximate surface area is 82.7 Å². The maximum atomic E-state index is 5.31. The van der Waals surface area contributed by atoms with Crippen LogP contribution in [0.4, 0.5) is 0 Å². The maximum Gasteiger partial charge on any atom is 0.0114 e. The van der Waals surface area contributed by atoms with E-state index in [0.717, 1.165) is 19.3 Å². The molecule has 0 aliphatic rings. The highest BCUT2D eigenvalue weighted by molar-refractivity contribution is 4.87. The molecule has 0 aromatic rings. The van der Waals surface area contributed by atoms with Crippen LogP contribution in [0.15, 0.2) is 25.3 Å². The Morgan fingerprint density at radius 3 is 2.38 bits per heavy atom. The lowest BCUT2D eigenvalue weighted by Gasteiger charge is -2.11. The van der Waals surface area contributed by atoms with Crippen LogP contribution in [0.1, 0.15) is 38.5 Å². The van der Waals surface area contributed by atoms with Gasteiger partial charge in [-0.15, -0.1) is 25.5 Å². The lowest BCUT2D eigenvalue weighted by molar-refractivity contribution is 0.452. The normalized spacial score (nSPS) is 11.6. The molecule has 0 saturated carbocycles. The highest BCUT2D eigenvalue weighted by Gasteiger charge is 2.04. The van der Waals surface area contributed by atoms with Crippen molar-refractivity contribution in [3.05, 3.63) is 25.3 Å². The van der Waals surface area contributed by atoms with Crippen molar-refractivity contribution in [3.8, 4) is 12.3 Å². The molecule has 0 aromatic heterocycles. The summed E-state index contributed by atoms with van der Waals surface area (Å²) in [6, 6.07) is 0. The van der Waals surface area contributed by atoms with Gasteiger partial charge in [-0.1, -0.05) is 12.2 Å². The summed E-state index contributed by atoms with van der Waals surface area (Å²) in [5, 5.41) is 0. The number of rotatable bonds is 8. The first kappa shape index (κ1) is 12.0. The Hall–Kier alpha value is -0.960. The molecule has 13 heavy (non-hydrogen) atoms. The molecule has 0 saturated heterocycles. The van der Waals surface area contributed by atoms with E-state index in [-0.39, 0.29) is 0 Å². The molecule has 0 bridgehead atoms. The zero-order valence-electron chi connectivity index (χ0n) is 8.47. The quantitative estimate of drug-likeness (QED) is 0.298. The van der Waals surface area contributed by atoms with Crippen LogP contribution in [-0.2, 0) is 0 Å². The molecule has 72 valence electrons. The highest BCUT2D eigenvalue weighted by Crippen LogP contribution is 2.18. The third kappa shape index (κ3) is 7.40. The summed E-state index contributed by atoms with van der Waals surface area (Å²) >= 11 is 0. The SMILES string of the molecule is C#CCC(CCC=C)CCCC=C. The van der Waals surface area contributed by atoms with Gasteiger partial charge >= 0.3 is 0 Å². The molecule has 0 radical (unpaired) electrons. The predicted octanol–water partition coefficient (Wildman–Crippen LogP) is 3.95. The Bertz CT molecular complexity index is 171. The zero-order chi connectivity index (χ0) is 9.94. The summed E-state index contributed by atoms with van der Waals surface area (Å²) in [7, 11) is 0. The molecule has 0 aliphatic carbocycles. The topological polar surface area (TPSA) is 0 Å². The van der Waals surface area contributed by atoms with Gasteiger partial charge in [0.15, 0.2) is 0 Å². The third-order valence-corrected chi connectivity index (χ3v) is 2.21. The van der Waals surface area contributed by atoms with Crippen LogP contribution in [0.25, 0.3) is 0 Å². The summed E-state index contributed by atoms with van der Waals surface area (Å²) in [5.41, 5.74) is 0. The number of unbranched alkanes of at least 4 members (excludes halogenated alkanes) is 1. The van der Waals surface area contributed by atoms with E-state index in [1.54, 1.807) is 0 Å². The van der Waals surface area contributed by atoms with Crippen LogP contribution in [0.5, 0.6) is 0 Å². The first-order valence-electron chi connectivity index (χ1n) is 5.00. The van der Waals surface area contributed by atoms with E-state index < -0.39 is 0 Å². The molecule has 1 atom stereocenters. The van der Waals surface area contributed by atoms with Crippen molar-refractivity contribution in [2.75, 3.05) is 0 Å². The molecule has 1 unspecified atom stereocenters. The van der Waals surface area contributed by atoms with E-state index in [2.05, 4.69) is 19.1 Å². The zero-order valence-corrected chi connectivity index (χ0v) is 8.47. The highest BCUT2D eigenvalue weighted by atomic mass is 14.1. The van der Waals surface area contributed by atoms with Crippen LogP contribution in [0.2, 0.25) is 0 Å². The second kappa shape index (κ2) is 9.13. The standard InChI is InChI=1S/C13H20/c1-4-7-9-12-13(10-6-3)11-8-5-2/h3-5,13H,1-2,7-12H2. The van der Waals surface area contributed by atoms with Crippen LogP contribution in [0, 0.1) is 18.3 Å². The largest absolute Gasteiger partial charge is 0.120 e. The van der Waals surface area contributed by atoms with Crippen molar-refractivity contribution >= 4 is 0 Å². The van der Waals surface area contributed by atoms with Crippen molar-refractivity contribution in [1.29, 1.82) is 0 Å². The van der Waals surface area contributed by atoms with Gasteiger partial charge in [-0.05, 0) is 38.0 Å². The first-order valence-corrected chi connectivity index (χ1v) is 5.00. The maximum absolute atomic E-state index is 5.31. The third-order valence-electron chi connectivity index (χ3n) is 2.21. The number of hydrogen-bond donors (Lipinski definition) is 0. The van der Waals surface area contributed by atoms with E-state index in [9.17, 15) is 0 Å². The average molecular weight is 176 g/mol. The first-order chi connectivity index (χ1) is 6.35. The van der Waals surface area contributed by atoms with E-state index in [1.165, 1.54) is 19.3 Å². The van der Waals surface area contributed by atoms with Gasteiger partial charge in [-0.3, -0.25) is 0 Å². The molecule has 0 N–H and O–H groups in total. The fourth-order valence-electron chi connectivity index (χ4n) is 1.42. The second-order valence-corrected chi connectivity index (χ2v) is 3.36. The molecule has 0 rings (SSSR count). The summed E-state index contributed by atoms with van der Waals surface area (Å²) in [4.78, 5) is 0. The van der Waals surface area contributed by atoms with Crippen molar-refractivity contribution in [2.45, 2.75) is 38.5 Å². The monoisotopic (exact) mass is 176 g/mol. The van der Waals surface area contributed by atoms with Crippen LogP contribution in [-0.4, -0.2) is 0 Å². The molecular weight excluding hydrogens is 156 g/mol. The number of hydrogen-bond acceptors (Lipinski definition) is 0. The summed E-state index contributed by atoms with van der Waals surface area (Å²) in [6.07, 6.45) is 16.0. The Balaban J connectivity index is 3.60. The van der Waals surface area contributed by atoms with E-state index >= 15 is 0 Å². The summed E-state index contributed by atoms with van der Waals surface area (Å²) in [6.45, 7) is 7.43. The summed E-state index contributed by atoms with van der Waals surface area (Å²) in [5.74, 6) is 3.43. The number of terminal acetylenes is 1. The van der Waals surface area contributed by atoms with Crippen LogP contribution < -0.4 is 0 Å². The van der Waals surface area contributed by atoms with E-state index in [4.69, 9.17) is 6.42 Å². The smallest absolute Gasteiger partial charge is 0.0114 e. The molecule has 0 heterocycles. The van der Waals surface area contributed by atoms with Gasteiger partial charge in [0.2, 0.25) is 0 Å². The van der Waals surface area contributed by atoms with Gasteiger partial charge in [0.1, 0.15) is 0 Å². The molecule has 0 heteroatoms.